The molecule has 1 saturated heterocycles. The van der Waals surface area contributed by atoms with Crippen LogP contribution in [-0.2, 0) is 4.79 Å². The zero-order valence-corrected chi connectivity index (χ0v) is 10.0. The van der Waals surface area contributed by atoms with Crippen LogP contribution in [0.4, 0.5) is 4.79 Å². The van der Waals surface area contributed by atoms with E-state index in [9.17, 15) is 14.7 Å². The third-order valence-corrected chi connectivity index (χ3v) is 3.70. The highest BCUT2D eigenvalue weighted by Crippen LogP contribution is 2.32. The Hall–Kier alpha value is -1.10. The number of aliphatic carboxylic acids is 1. The second kappa shape index (κ2) is 4.05. The van der Waals surface area contributed by atoms with Crippen LogP contribution in [0.3, 0.4) is 0 Å². The molecule has 0 unspecified atom stereocenters. The van der Waals surface area contributed by atoms with E-state index in [2.05, 4.69) is 0 Å². The fourth-order valence-corrected chi connectivity index (χ4v) is 2.38. The quantitative estimate of drug-likeness (QED) is 0.662. The lowest BCUT2D eigenvalue weighted by Crippen LogP contribution is -2.70. The number of amides is 1. The van der Waals surface area contributed by atoms with Crippen molar-refractivity contribution >= 4 is 12.1 Å². The van der Waals surface area contributed by atoms with Gasteiger partial charge in [-0.2, -0.15) is 0 Å². The van der Waals surface area contributed by atoms with Crippen LogP contribution in [0.25, 0.3) is 0 Å². The molecule has 0 aliphatic carbocycles. The van der Waals surface area contributed by atoms with Gasteiger partial charge in [-0.25, -0.2) is 0 Å². The van der Waals surface area contributed by atoms with Gasteiger partial charge in [0.05, 0.1) is 24.5 Å². The van der Waals surface area contributed by atoms with Gasteiger partial charge < -0.3 is 15.0 Å². The molecule has 0 atom stereocenters. The first-order valence-corrected chi connectivity index (χ1v) is 5.52. The van der Waals surface area contributed by atoms with Crippen LogP contribution in [0.5, 0.6) is 0 Å². The van der Waals surface area contributed by atoms with Gasteiger partial charge in [0.2, 0.25) is 0 Å². The molecule has 1 fully saturated rings. The van der Waals surface area contributed by atoms with Gasteiger partial charge in [0, 0.05) is 12.8 Å². The summed E-state index contributed by atoms with van der Waals surface area (Å²) in [7, 11) is 0. The van der Waals surface area contributed by atoms with E-state index in [1.54, 1.807) is 0 Å². The minimum absolute atomic E-state index is 0.142. The smallest absolute Gasteiger partial charge is 0.306 e. The lowest BCUT2D eigenvalue weighted by molar-refractivity contribution is -0.924. The van der Waals surface area contributed by atoms with E-state index in [1.807, 2.05) is 20.8 Å². The molecule has 1 aliphatic heterocycles. The molecular weight excluding hydrogens is 210 g/mol. The minimum Gasteiger partial charge on any atom is -0.498 e. The van der Waals surface area contributed by atoms with E-state index in [4.69, 9.17) is 5.11 Å². The van der Waals surface area contributed by atoms with Crippen molar-refractivity contribution in [1.29, 1.82) is 0 Å². The van der Waals surface area contributed by atoms with Gasteiger partial charge in [-0.15, -0.1) is 0 Å². The predicted octanol–water partition coefficient (Wildman–Crippen LogP) is 0.440. The van der Waals surface area contributed by atoms with E-state index in [0.717, 1.165) is 0 Å². The summed E-state index contributed by atoms with van der Waals surface area (Å²) >= 11 is 0. The maximum Gasteiger partial charge on any atom is 0.306 e. The molecule has 16 heavy (non-hydrogen) atoms. The lowest BCUT2D eigenvalue weighted by atomic mass is 9.90. The van der Waals surface area contributed by atoms with Crippen LogP contribution < -0.4 is 5.11 Å². The number of rotatable bonds is 1. The standard InChI is InChI=1S/C11H19NO4/c1-11(2,3)12(10(15)16)6-4-8(5-7-12)9(13)14/h8H,4-7H2,1-3H3,(H-,13,14,15,16). The largest absolute Gasteiger partial charge is 0.498 e. The minimum atomic E-state index is -1.10. The zero-order valence-electron chi connectivity index (χ0n) is 10.0. The van der Waals surface area contributed by atoms with Crippen LogP contribution >= 0.6 is 0 Å². The van der Waals surface area contributed by atoms with Crippen molar-refractivity contribution in [2.24, 2.45) is 5.92 Å². The molecule has 0 aromatic carbocycles. The summed E-state index contributed by atoms with van der Waals surface area (Å²) in [6, 6.07) is 0. The first-order chi connectivity index (χ1) is 7.21. The maximum atomic E-state index is 11.3. The second-order valence-electron chi connectivity index (χ2n) is 5.46. The van der Waals surface area contributed by atoms with Crippen LogP contribution in [0, 0.1) is 5.92 Å². The molecule has 1 aliphatic rings. The summed E-state index contributed by atoms with van der Waals surface area (Å²) in [6.07, 6.45) is -0.294. The summed E-state index contributed by atoms with van der Waals surface area (Å²) in [4.78, 5) is 22.1. The Morgan fingerprint density at radius 2 is 1.69 bits per heavy atom. The molecule has 1 rings (SSSR count). The molecule has 1 heterocycles. The normalized spacial score (nSPS) is 31.1. The number of piperidine rings is 1. The van der Waals surface area contributed by atoms with Gasteiger partial charge in [-0.05, 0) is 20.8 Å². The number of carboxylic acids is 1. The maximum absolute atomic E-state index is 11.3. The van der Waals surface area contributed by atoms with E-state index in [-0.39, 0.29) is 4.48 Å². The van der Waals surface area contributed by atoms with Crippen LogP contribution in [0.2, 0.25) is 0 Å². The molecule has 0 radical (unpaired) electrons. The van der Waals surface area contributed by atoms with Gasteiger partial charge in [-0.1, -0.05) is 0 Å². The van der Waals surface area contributed by atoms with Crippen LogP contribution in [-0.4, -0.2) is 40.3 Å². The van der Waals surface area contributed by atoms with Crippen molar-refractivity contribution in [3.8, 4) is 0 Å². The van der Waals surface area contributed by atoms with Gasteiger partial charge in [-0.3, -0.25) is 9.28 Å². The summed E-state index contributed by atoms with van der Waals surface area (Å²) in [6.45, 7) is 6.23. The molecule has 0 saturated carbocycles. The summed E-state index contributed by atoms with van der Waals surface area (Å²) < 4.78 is -0.142. The van der Waals surface area contributed by atoms with Crippen molar-refractivity contribution in [1.82, 2.24) is 0 Å². The molecule has 0 bridgehead atoms. The van der Waals surface area contributed by atoms with Crippen molar-refractivity contribution in [2.75, 3.05) is 13.1 Å². The number of hydrogen-bond acceptors (Lipinski definition) is 3. The van der Waals surface area contributed by atoms with Crippen LogP contribution in [0.1, 0.15) is 33.6 Å². The van der Waals surface area contributed by atoms with E-state index < -0.39 is 23.5 Å². The molecular formula is C11H19NO4. The second-order valence-corrected chi connectivity index (χ2v) is 5.46. The Labute approximate surface area is 95.3 Å². The number of likely N-dealkylation sites (tertiary alicyclic amines) is 1. The van der Waals surface area contributed by atoms with Gasteiger partial charge >= 0.3 is 5.97 Å². The highest BCUT2D eigenvalue weighted by atomic mass is 16.4. The average Bonchev–Trinajstić information content (AvgIpc) is 2.15. The molecule has 1 amide bonds. The lowest BCUT2D eigenvalue weighted by Gasteiger charge is -2.50. The Bertz CT molecular complexity index is 298. The van der Waals surface area contributed by atoms with E-state index in [0.29, 0.717) is 25.9 Å². The number of carbonyl (C=O) groups is 2. The summed E-state index contributed by atoms with van der Waals surface area (Å²) in [5.74, 6) is -1.24. The molecule has 0 aromatic heterocycles. The highest BCUT2D eigenvalue weighted by molar-refractivity contribution is 5.70. The Kier molecular flexibility index (Phi) is 3.28. The zero-order chi connectivity index (χ0) is 12.6. The van der Waals surface area contributed by atoms with Crippen molar-refractivity contribution < 1.29 is 24.3 Å². The molecule has 0 aromatic rings. The molecule has 5 heteroatoms. The third kappa shape index (κ3) is 2.04. The van der Waals surface area contributed by atoms with E-state index >= 15 is 0 Å². The van der Waals surface area contributed by atoms with Crippen LogP contribution in [0.15, 0.2) is 0 Å². The fourth-order valence-electron chi connectivity index (χ4n) is 2.38. The molecule has 0 spiro atoms. The Morgan fingerprint density at radius 1 is 1.25 bits per heavy atom. The third-order valence-electron chi connectivity index (χ3n) is 3.70. The number of quaternary nitrogens is 1. The number of hydrogen-bond donors (Lipinski definition) is 1. The Balaban J connectivity index is 2.87. The van der Waals surface area contributed by atoms with Gasteiger partial charge in [0.1, 0.15) is 0 Å². The van der Waals surface area contributed by atoms with Gasteiger partial charge in [0.15, 0.2) is 0 Å². The highest BCUT2D eigenvalue weighted by Gasteiger charge is 2.46. The number of nitrogens with zero attached hydrogens (tertiary/aromatic N) is 1. The van der Waals surface area contributed by atoms with Crippen molar-refractivity contribution in [3.63, 3.8) is 0 Å². The summed E-state index contributed by atoms with van der Waals surface area (Å²) in [5, 5.41) is 20.2. The topological polar surface area (TPSA) is 77.4 Å². The Morgan fingerprint density at radius 3 is 1.94 bits per heavy atom. The monoisotopic (exact) mass is 229 g/mol. The SMILES string of the molecule is CC(C)(C)[N+]1(C(=O)[O-])CCC(C(=O)O)CC1. The first-order valence-electron chi connectivity index (χ1n) is 5.52. The number of carboxylic acid groups (broad SMARTS) is 2. The summed E-state index contributed by atoms with van der Waals surface area (Å²) in [5.41, 5.74) is -0.456. The van der Waals surface area contributed by atoms with E-state index in [1.165, 1.54) is 0 Å². The average molecular weight is 229 g/mol. The predicted molar refractivity (Wildman–Crippen MR) is 55.5 cm³/mol. The first kappa shape index (κ1) is 13.0. The molecule has 1 N–H and O–H groups in total. The fraction of sp³-hybridized carbons (Fsp3) is 0.818. The molecule has 92 valence electrons. The molecule has 5 nitrogen and oxygen atoms in total. The van der Waals surface area contributed by atoms with Crippen molar-refractivity contribution in [3.05, 3.63) is 0 Å². The number of carbonyl (C=O) groups excluding carboxylic acids is 1. The van der Waals surface area contributed by atoms with Crippen molar-refractivity contribution in [2.45, 2.75) is 39.2 Å². The van der Waals surface area contributed by atoms with Gasteiger partial charge in [0.25, 0.3) is 6.09 Å².